The predicted molar refractivity (Wildman–Crippen MR) is 117 cm³/mol. The number of allylic oxidation sites excluding steroid dienone is 2. The molecule has 0 unspecified atom stereocenters. The molecule has 0 saturated carbocycles. The second-order valence-corrected chi connectivity index (χ2v) is 7.37. The fraction of sp³-hybridized carbons (Fsp3) is 0.818. The van der Waals surface area contributed by atoms with Gasteiger partial charge in [0, 0.05) is 13.0 Å². The van der Waals surface area contributed by atoms with Gasteiger partial charge in [0.15, 0.2) is 5.78 Å². The molecular weight excluding hydrogens is 344 g/mol. The monoisotopic (exact) mass is 384 g/mol. The van der Waals surface area contributed by atoms with Crippen LogP contribution in [0, 0.1) is 0 Å². The Morgan fingerprint density at radius 1 is 0.923 bits per heavy atom. The molecule has 1 aliphatic heterocycles. The van der Waals surface area contributed by atoms with Crippen LogP contribution in [0.5, 0.6) is 0 Å². The molecule has 0 amide bonds. The van der Waals surface area contributed by atoms with E-state index in [1.165, 1.54) is 77.0 Å². The number of hydrogen-bond acceptors (Lipinski definition) is 3. The van der Waals surface area contributed by atoms with E-state index in [1.807, 2.05) is 11.2 Å². The average Bonchev–Trinajstić information content (AvgIpc) is 3.11. The zero-order valence-corrected chi connectivity index (χ0v) is 17.8. The quantitative estimate of drug-likeness (QED) is 0.216. The molecule has 152 valence electrons. The summed E-state index contributed by atoms with van der Waals surface area (Å²) in [7, 11) is 0. The fourth-order valence-corrected chi connectivity index (χ4v) is 3.24. The number of carbonyl (C=O) groups excluding carboxylic acids is 1. The Kier molecular flexibility index (Phi) is 18.3. The highest BCUT2D eigenvalue weighted by molar-refractivity contribution is 5.85. The second kappa shape index (κ2) is 18.9. The standard InChI is InChI=1S/C22H40N2O.ClH/c1-2-3-4-5-6-7-8-9-10-11-12-13-14-15-16-17-22(25)20-24-19-18-23-21-24;/h9-10,21H,2-8,11-20H2,1H3;1H. The normalized spacial score (nSPS) is 13.5. The molecule has 0 aliphatic carbocycles. The Balaban J connectivity index is 0.00000625. The SMILES string of the molecule is CCCCCCCCC=CCCCCCCCC(=O)CN1C=NCC1.Cl. The molecule has 1 rings (SSSR count). The van der Waals surface area contributed by atoms with Crippen molar-refractivity contribution in [3.8, 4) is 0 Å². The van der Waals surface area contributed by atoms with Gasteiger partial charge < -0.3 is 4.90 Å². The molecule has 0 atom stereocenters. The number of Topliss-reactive ketones (excluding diaryl/α,β-unsaturated/α-hetero) is 1. The summed E-state index contributed by atoms with van der Waals surface area (Å²) in [6, 6.07) is 0. The maximum Gasteiger partial charge on any atom is 0.152 e. The van der Waals surface area contributed by atoms with E-state index in [4.69, 9.17) is 0 Å². The third-order valence-electron chi connectivity index (χ3n) is 4.86. The Labute approximate surface area is 168 Å². The molecule has 26 heavy (non-hydrogen) atoms. The van der Waals surface area contributed by atoms with Gasteiger partial charge in [-0.15, -0.1) is 12.4 Å². The summed E-state index contributed by atoms with van der Waals surface area (Å²) in [6.45, 7) is 4.60. The van der Waals surface area contributed by atoms with Crippen LogP contribution in [0.2, 0.25) is 0 Å². The van der Waals surface area contributed by atoms with Crippen molar-refractivity contribution in [1.82, 2.24) is 4.90 Å². The van der Waals surface area contributed by atoms with E-state index in [2.05, 4.69) is 24.1 Å². The number of nitrogens with zero attached hydrogens (tertiary/aromatic N) is 2. The van der Waals surface area contributed by atoms with Gasteiger partial charge in [-0.25, -0.2) is 0 Å². The highest BCUT2D eigenvalue weighted by atomic mass is 35.5. The van der Waals surface area contributed by atoms with E-state index in [1.54, 1.807) is 0 Å². The number of rotatable bonds is 17. The van der Waals surface area contributed by atoms with E-state index in [0.29, 0.717) is 12.3 Å². The summed E-state index contributed by atoms with van der Waals surface area (Å²) < 4.78 is 0. The van der Waals surface area contributed by atoms with Gasteiger partial charge in [-0.3, -0.25) is 9.79 Å². The largest absolute Gasteiger partial charge is 0.354 e. The fourth-order valence-electron chi connectivity index (χ4n) is 3.24. The third kappa shape index (κ3) is 15.4. The van der Waals surface area contributed by atoms with E-state index >= 15 is 0 Å². The van der Waals surface area contributed by atoms with E-state index in [0.717, 1.165) is 25.9 Å². The molecule has 0 aromatic carbocycles. The molecular formula is C22H41ClN2O. The molecule has 4 heteroatoms. The minimum Gasteiger partial charge on any atom is -0.354 e. The van der Waals surface area contributed by atoms with Crippen LogP contribution < -0.4 is 0 Å². The average molecular weight is 385 g/mol. The number of hydrogen-bond donors (Lipinski definition) is 0. The zero-order valence-electron chi connectivity index (χ0n) is 17.0. The number of ketones is 1. The minimum absolute atomic E-state index is 0. The van der Waals surface area contributed by atoms with Gasteiger partial charge in [0.2, 0.25) is 0 Å². The zero-order chi connectivity index (χ0) is 18.0. The highest BCUT2D eigenvalue weighted by Gasteiger charge is 2.09. The molecule has 0 fully saturated rings. The van der Waals surface area contributed by atoms with Crippen LogP contribution in [0.4, 0.5) is 0 Å². The molecule has 3 nitrogen and oxygen atoms in total. The molecule has 1 heterocycles. The van der Waals surface area contributed by atoms with Crippen LogP contribution in [-0.4, -0.2) is 36.7 Å². The maximum absolute atomic E-state index is 11.8. The molecule has 0 radical (unpaired) electrons. The van der Waals surface area contributed by atoms with E-state index in [-0.39, 0.29) is 12.4 Å². The summed E-state index contributed by atoms with van der Waals surface area (Å²) >= 11 is 0. The van der Waals surface area contributed by atoms with Gasteiger partial charge >= 0.3 is 0 Å². The Hall–Kier alpha value is -0.830. The Morgan fingerprint density at radius 3 is 2.08 bits per heavy atom. The maximum atomic E-state index is 11.8. The molecule has 0 aromatic heterocycles. The molecule has 0 N–H and O–H groups in total. The molecule has 0 saturated heterocycles. The summed E-state index contributed by atoms with van der Waals surface area (Å²) in [5.41, 5.74) is 0. The number of unbranched alkanes of at least 4 members (excludes halogenated alkanes) is 11. The van der Waals surface area contributed by atoms with Gasteiger partial charge in [0.1, 0.15) is 0 Å². The van der Waals surface area contributed by atoms with Gasteiger partial charge in [0.25, 0.3) is 0 Å². The van der Waals surface area contributed by atoms with Crippen LogP contribution in [-0.2, 0) is 4.79 Å². The third-order valence-corrected chi connectivity index (χ3v) is 4.86. The van der Waals surface area contributed by atoms with Gasteiger partial charge in [-0.05, 0) is 32.1 Å². The Morgan fingerprint density at radius 2 is 1.50 bits per heavy atom. The number of carbonyl (C=O) groups is 1. The first kappa shape index (κ1) is 25.2. The summed E-state index contributed by atoms with van der Waals surface area (Å²) in [5.74, 6) is 0.367. The lowest BCUT2D eigenvalue weighted by atomic mass is 10.1. The van der Waals surface area contributed by atoms with Crippen molar-refractivity contribution in [3.05, 3.63) is 12.2 Å². The lowest BCUT2D eigenvalue weighted by Crippen LogP contribution is -2.26. The first-order valence-corrected chi connectivity index (χ1v) is 10.7. The topological polar surface area (TPSA) is 32.7 Å². The van der Waals surface area contributed by atoms with Crippen LogP contribution in [0.15, 0.2) is 17.1 Å². The molecule has 0 bridgehead atoms. The van der Waals surface area contributed by atoms with E-state index in [9.17, 15) is 4.79 Å². The smallest absolute Gasteiger partial charge is 0.152 e. The minimum atomic E-state index is 0. The number of halogens is 1. The van der Waals surface area contributed by atoms with Crippen molar-refractivity contribution < 1.29 is 4.79 Å². The lowest BCUT2D eigenvalue weighted by molar-refractivity contribution is -0.119. The first-order valence-electron chi connectivity index (χ1n) is 10.7. The van der Waals surface area contributed by atoms with Gasteiger partial charge in [-0.2, -0.15) is 0 Å². The number of aliphatic imine (C=N–C) groups is 1. The molecule has 0 aromatic rings. The van der Waals surface area contributed by atoms with Crippen molar-refractivity contribution >= 4 is 24.5 Å². The lowest BCUT2D eigenvalue weighted by Gasteiger charge is -2.12. The summed E-state index contributed by atoms with van der Waals surface area (Å²) in [4.78, 5) is 18.0. The van der Waals surface area contributed by atoms with Crippen LogP contribution in [0.25, 0.3) is 0 Å². The van der Waals surface area contributed by atoms with Crippen LogP contribution in [0.3, 0.4) is 0 Å². The van der Waals surface area contributed by atoms with Crippen molar-refractivity contribution in [2.24, 2.45) is 4.99 Å². The molecule has 0 spiro atoms. The predicted octanol–water partition coefficient (Wildman–Crippen LogP) is 6.36. The van der Waals surface area contributed by atoms with Gasteiger partial charge in [-0.1, -0.05) is 70.4 Å². The van der Waals surface area contributed by atoms with Crippen molar-refractivity contribution in [2.45, 2.75) is 96.8 Å². The van der Waals surface area contributed by atoms with Crippen LogP contribution in [0.1, 0.15) is 96.8 Å². The summed E-state index contributed by atoms with van der Waals surface area (Å²) in [5, 5.41) is 0. The van der Waals surface area contributed by atoms with Crippen molar-refractivity contribution in [2.75, 3.05) is 19.6 Å². The van der Waals surface area contributed by atoms with Crippen LogP contribution >= 0.6 is 12.4 Å². The van der Waals surface area contributed by atoms with E-state index < -0.39 is 0 Å². The van der Waals surface area contributed by atoms with Gasteiger partial charge in [0.05, 0.1) is 19.4 Å². The Bertz CT molecular complexity index is 382. The van der Waals surface area contributed by atoms with Crippen molar-refractivity contribution in [1.29, 1.82) is 0 Å². The highest BCUT2D eigenvalue weighted by Crippen LogP contribution is 2.10. The first-order chi connectivity index (χ1) is 12.3. The van der Waals surface area contributed by atoms with Crippen molar-refractivity contribution in [3.63, 3.8) is 0 Å². The second-order valence-electron chi connectivity index (χ2n) is 7.37. The molecule has 1 aliphatic rings. The summed E-state index contributed by atoms with van der Waals surface area (Å²) in [6.07, 6.45) is 24.2.